The highest BCUT2D eigenvalue weighted by atomic mass is 35.5. The molecule has 98 valence electrons. The van der Waals surface area contributed by atoms with Crippen molar-refractivity contribution in [1.82, 2.24) is 0 Å². The molecule has 0 aliphatic rings. The third kappa shape index (κ3) is 3.51. The van der Waals surface area contributed by atoms with Crippen molar-refractivity contribution >= 4 is 23.2 Å². The number of para-hydroxylation sites is 1. The van der Waals surface area contributed by atoms with E-state index in [2.05, 4.69) is 5.32 Å². The molecule has 2 rings (SSSR count). The van der Waals surface area contributed by atoms with Gasteiger partial charge in [-0.05, 0) is 29.8 Å². The second-order valence-electron chi connectivity index (χ2n) is 3.95. The molecule has 0 unspecified atom stereocenters. The van der Waals surface area contributed by atoms with Gasteiger partial charge < -0.3 is 5.32 Å². The van der Waals surface area contributed by atoms with Crippen LogP contribution < -0.4 is 5.32 Å². The highest BCUT2D eigenvalue weighted by molar-refractivity contribution is 6.30. The molecule has 2 nitrogen and oxygen atoms in total. The van der Waals surface area contributed by atoms with E-state index in [0.29, 0.717) is 10.6 Å². The maximum absolute atomic E-state index is 13.3. The number of amides is 1. The molecule has 1 N–H and O–H groups in total. The van der Waals surface area contributed by atoms with Gasteiger partial charge in [0, 0.05) is 5.02 Å². The van der Waals surface area contributed by atoms with Gasteiger partial charge in [-0.2, -0.15) is 0 Å². The molecule has 19 heavy (non-hydrogen) atoms. The predicted molar refractivity (Wildman–Crippen MR) is 70.1 cm³/mol. The Morgan fingerprint density at radius 2 is 1.63 bits per heavy atom. The fraction of sp³-hybridized carbons (Fsp3) is 0.0714. The highest BCUT2D eigenvalue weighted by Crippen LogP contribution is 2.18. The summed E-state index contributed by atoms with van der Waals surface area (Å²) in [5, 5.41) is 2.78. The first-order valence-electron chi connectivity index (χ1n) is 5.54. The zero-order valence-corrected chi connectivity index (χ0v) is 10.5. The zero-order chi connectivity index (χ0) is 13.8. The molecule has 0 radical (unpaired) electrons. The minimum absolute atomic E-state index is 0.0188. The van der Waals surface area contributed by atoms with E-state index in [1.165, 1.54) is 6.07 Å². The molecule has 0 aliphatic heterocycles. The van der Waals surface area contributed by atoms with E-state index >= 15 is 0 Å². The quantitative estimate of drug-likeness (QED) is 0.911. The molecule has 2 aromatic rings. The smallest absolute Gasteiger partial charge is 0.228 e. The van der Waals surface area contributed by atoms with E-state index in [1.54, 1.807) is 24.3 Å². The van der Waals surface area contributed by atoms with Gasteiger partial charge in [0.2, 0.25) is 5.91 Å². The van der Waals surface area contributed by atoms with Gasteiger partial charge in [0.25, 0.3) is 0 Å². The van der Waals surface area contributed by atoms with Crippen LogP contribution in [0.2, 0.25) is 5.02 Å². The lowest BCUT2D eigenvalue weighted by Crippen LogP contribution is -2.16. The molecule has 0 heterocycles. The van der Waals surface area contributed by atoms with E-state index < -0.39 is 23.2 Å². The third-order valence-electron chi connectivity index (χ3n) is 2.51. The highest BCUT2D eigenvalue weighted by Gasteiger charge is 2.12. The Bertz CT molecular complexity index is 579. The van der Waals surface area contributed by atoms with E-state index in [0.717, 1.165) is 12.1 Å². The maximum Gasteiger partial charge on any atom is 0.228 e. The van der Waals surface area contributed by atoms with Crippen LogP contribution in [-0.4, -0.2) is 5.91 Å². The summed E-state index contributed by atoms with van der Waals surface area (Å²) in [6.07, 6.45) is 0.0188. The summed E-state index contributed by atoms with van der Waals surface area (Å²) in [6.45, 7) is 0. The largest absolute Gasteiger partial charge is 0.321 e. The molecular weight excluding hydrogens is 272 g/mol. The Labute approximate surface area is 114 Å². The Hall–Kier alpha value is -1.94. The number of hydrogen-bond donors (Lipinski definition) is 1. The van der Waals surface area contributed by atoms with Crippen LogP contribution in [0.4, 0.5) is 14.5 Å². The fourth-order valence-electron chi connectivity index (χ4n) is 1.59. The lowest BCUT2D eigenvalue weighted by Gasteiger charge is -2.07. The minimum atomic E-state index is -0.801. The summed E-state index contributed by atoms with van der Waals surface area (Å²) in [7, 11) is 0. The average Bonchev–Trinajstić information content (AvgIpc) is 2.37. The molecule has 0 aromatic heterocycles. The molecule has 0 saturated heterocycles. The normalized spacial score (nSPS) is 10.3. The molecule has 0 bridgehead atoms. The van der Waals surface area contributed by atoms with Gasteiger partial charge >= 0.3 is 0 Å². The van der Waals surface area contributed by atoms with Crippen LogP contribution in [0, 0.1) is 11.6 Å². The summed E-state index contributed by atoms with van der Waals surface area (Å²) in [4.78, 5) is 11.7. The van der Waals surface area contributed by atoms with Gasteiger partial charge in [0.15, 0.2) is 0 Å². The number of halogens is 3. The number of anilines is 1. The minimum Gasteiger partial charge on any atom is -0.321 e. The summed E-state index contributed by atoms with van der Waals surface area (Å²) >= 11 is 5.72. The van der Waals surface area contributed by atoms with Gasteiger partial charge in [-0.15, -0.1) is 0 Å². The number of nitrogens with one attached hydrogen (secondary N) is 1. The van der Waals surface area contributed by atoms with E-state index in [-0.39, 0.29) is 6.42 Å². The molecular formula is C14H10ClF2NO. The van der Waals surface area contributed by atoms with Crippen LogP contribution in [-0.2, 0) is 11.2 Å². The topological polar surface area (TPSA) is 29.1 Å². The van der Waals surface area contributed by atoms with Crippen molar-refractivity contribution in [2.45, 2.75) is 6.42 Å². The van der Waals surface area contributed by atoms with Crippen molar-refractivity contribution in [3.05, 3.63) is 64.7 Å². The summed E-state index contributed by atoms with van der Waals surface area (Å²) in [5.74, 6) is -2.10. The number of hydrogen-bond acceptors (Lipinski definition) is 1. The van der Waals surface area contributed by atoms with E-state index in [4.69, 9.17) is 11.6 Å². The van der Waals surface area contributed by atoms with Crippen molar-refractivity contribution < 1.29 is 13.6 Å². The predicted octanol–water partition coefficient (Wildman–Crippen LogP) is 3.80. The van der Waals surface area contributed by atoms with E-state index in [1.807, 2.05) is 0 Å². The van der Waals surface area contributed by atoms with Crippen molar-refractivity contribution in [1.29, 1.82) is 0 Å². The van der Waals surface area contributed by atoms with Crippen LogP contribution in [0.25, 0.3) is 0 Å². The summed E-state index contributed by atoms with van der Waals surface area (Å²) in [6, 6.07) is 10.1. The second-order valence-corrected chi connectivity index (χ2v) is 4.38. The van der Waals surface area contributed by atoms with Gasteiger partial charge in [0.05, 0.1) is 6.42 Å². The van der Waals surface area contributed by atoms with Crippen LogP contribution >= 0.6 is 11.6 Å². The molecule has 1 amide bonds. The van der Waals surface area contributed by atoms with Gasteiger partial charge in [-0.3, -0.25) is 4.79 Å². The number of carbonyl (C=O) groups excluding carboxylic acids is 1. The average molecular weight is 282 g/mol. The van der Waals surface area contributed by atoms with Gasteiger partial charge in [-0.25, -0.2) is 8.78 Å². The SMILES string of the molecule is O=C(Cc1ccc(Cl)cc1)Nc1c(F)cccc1F. The zero-order valence-electron chi connectivity index (χ0n) is 9.79. The maximum atomic E-state index is 13.3. The molecule has 2 aromatic carbocycles. The molecule has 5 heteroatoms. The summed E-state index contributed by atoms with van der Waals surface area (Å²) in [5.41, 5.74) is 0.278. The van der Waals surface area contributed by atoms with Crippen molar-refractivity contribution in [3.8, 4) is 0 Å². The first kappa shape index (κ1) is 13.5. The fourth-order valence-corrected chi connectivity index (χ4v) is 1.71. The van der Waals surface area contributed by atoms with Crippen molar-refractivity contribution in [2.24, 2.45) is 0 Å². The van der Waals surface area contributed by atoms with Crippen molar-refractivity contribution in [3.63, 3.8) is 0 Å². The number of benzene rings is 2. The molecule has 0 saturated carbocycles. The van der Waals surface area contributed by atoms with Crippen molar-refractivity contribution in [2.75, 3.05) is 5.32 Å². The molecule has 0 aliphatic carbocycles. The Morgan fingerprint density at radius 1 is 1.05 bits per heavy atom. The van der Waals surface area contributed by atoms with E-state index in [9.17, 15) is 13.6 Å². The third-order valence-corrected chi connectivity index (χ3v) is 2.76. The van der Waals surface area contributed by atoms with Gasteiger partial charge in [-0.1, -0.05) is 29.8 Å². The summed E-state index contributed by atoms with van der Waals surface area (Å²) < 4.78 is 26.7. The Morgan fingerprint density at radius 3 is 2.21 bits per heavy atom. The monoisotopic (exact) mass is 281 g/mol. The molecule has 0 atom stereocenters. The molecule has 0 spiro atoms. The van der Waals surface area contributed by atoms with Gasteiger partial charge in [0.1, 0.15) is 17.3 Å². The van der Waals surface area contributed by atoms with Crippen LogP contribution in [0.3, 0.4) is 0 Å². The Balaban J connectivity index is 2.07. The Kier molecular flexibility index (Phi) is 4.12. The first-order chi connectivity index (χ1) is 9.06. The lowest BCUT2D eigenvalue weighted by atomic mass is 10.1. The van der Waals surface area contributed by atoms with Crippen LogP contribution in [0.1, 0.15) is 5.56 Å². The number of rotatable bonds is 3. The number of carbonyl (C=O) groups is 1. The first-order valence-corrected chi connectivity index (χ1v) is 5.92. The van der Waals surface area contributed by atoms with Crippen LogP contribution in [0.15, 0.2) is 42.5 Å². The lowest BCUT2D eigenvalue weighted by molar-refractivity contribution is -0.115. The van der Waals surface area contributed by atoms with Crippen LogP contribution in [0.5, 0.6) is 0 Å². The standard InChI is InChI=1S/C14H10ClF2NO/c15-10-6-4-9(5-7-10)8-13(19)18-14-11(16)2-1-3-12(14)17/h1-7H,8H2,(H,18,19). The molecule has 0 fully saturated rings. The second kappa shape index (κ2) is 5.80.